The third-order valence-electron chi connectivity index (χ3n) is 2.52. The topological polar surface area (TPSA) is 54.0 Å². The van der Waals surface area contributed by atoms with Gasteiger partial charge in [0.15, 0.2) is 0 Å². The third kappa shape index (κ3) is 3.45. The number of rotatable bonds is 4. The highest BCUT2D eigenvalue weighted by molar-refractivity contribution is 6.33. The summed E-state index contributed by atoms with van der Waals surface area (Å²) in [5.41, 5.74) is 0.595. The summed E-state index contributed by atoms with van der Waals surface area (Å²) in [6, 6.07) is 8.86. The van der Waals surface area contributed by atoms with Crippen LogP contribution in [0, 0.1) is 5.82 Å². The molecule has 2 N–H and O–H groups in total. The van der Waals surface area contributed by atoms with Crippen molar-refractivity contribution in [1.82, 2.24) is 4.98 Å². The molecule has 4 nitrogen and oxygen atoms in total. The third-order valence-corrected chi connectivity index (χ3v) is 2.83. The summed E-state index contributed by atoms with van der Waals surface area (Å²) < 4.78 is 12.9. The SMILES string of the molecule is CCNc1cccc(C(=O)Nc2ccc(F)cc2Cl)n1. The Kier molecular flexibility index (Phi) is 4.53. The van der Waals surface area contributed by atoms with Gasteiger partial charge in [-0.3, -0.25) is 4.79 Å². The summed E-state index contributed by atoms with van der Waals surface area (Å²) in [6.45, 7) is 2.65. The fraction of sp³-hybridized carbons (Fsp3) is 0.143. The van der Waals surface area contributed by atoms with Gasteiger partial charge < -0.3 is 10.6 Å². The van der Waals surface area contributed by atoms with Crippen molar-refractivity contribution >= 4 is 29.0 Å². The lowest BCUT2D eigenvalue weighted by Gasteiger charge is -2.08. The quantitative estimate of drug-likeness (QED) is 0.906. The first-order chi connectivity index (χ1) is 9.60. The zero-order valence-electron chi connectivity index (χ0n) is 10.8. The summed E-state index contributed by atoms with van der Waals surface area (Å²) in [6.07, 6.45) is 0. The Hall–Kier alpha value is -2.14. The van der Waals surface area contributed by atoms with E-state index < -0.39 is 11.7 Å². The Morgan fingerprint density at radius 3 is 2.85 bits per heavy atom. The molecule has 1 aromatic heterocycles. The van der Waals surface area contributed by atoms with Crippen LogP contribution in [-0.4, -0.2) is 17.4 Å². The lowest BCUT2D eigenvalue weighted by Crippen LogP contribution is -2.15. The van der Waals surface area contributed by atoms with E-state index in [1.165, 1.54) is 12.1 Å². The summed E-state index contributed by atoms with van der Waals surface area (Å²) in [4.78, 5) is 16.2. The van der Waals surface area contributed by atoms with Crippen LogP contribution in [-0.2, 0) is 0 Å². The Bertz CT molecular complexity index is 634. The van der Waals surface area contributed by atoms with E-state index in [0.717, 1.165) is 6.07 Å². The molecule has 1 amide bonds. The fourth-order valence-corrected chi connectivity index (χ4v) is 1.83. The first-order valence-corrected chi connectivity index (χ1v) is 6.45. The van der Waals surface area contributed by atoms with Crippen LogP contribution in [0.3, 0.4) is 0 Å². The molecule has 0 spiro atoms. The average Bonchev–Trinajstić information content (AvgIpc) is 2.42. The van der Waals surface area contributed by atoms with Crippen LogP contribution < -0.4 is 10.6 Å². The van der Waals surface area contributed by atoms with Crippen molar-refractivity contribution in [3.8, 4) is 0 Å². The second-order valence-corrected chi connectivity index (χ2v) is 4.42. The van der Waals surface area contributed by atoms with E-state index in [2.05, 4.69) is 15.6 Å². The summed E-state index contributed by atoms with van der Waals surface area (Å²) in [7, 11) is 0. The lowest BCUT2D eigenvalue weighted by atomic mass is 10.2. The number of hydrogen-bond acceptors (Lipinski definition) is 3. The van der Waals surface area contributed by atoms with Crippen LogP contribution in [0.5, 0.6) is 0 Å². The smallest absolute Gasteiger partial charge is 0.274 e. The maximum absolute atomic E-state index is 12.9. The molecule has 0 atom stereocenters. The van der Waals surface area contributed by atoms with Gasteiger partial charge in [0.2, 0.25) is 0 Å². The average molecular weight is 294 g/mol. The predicted octanol–water partition coefficient (Wildman–Crippen LogP) is 3.56. The highest BCUT2D eigenvalue weighted by atomic mass is 35.5. The number of nitrogens with zero attached hydrogens (tertiary/aromatic N) is 1. The van der Waals surface area contributed by atoms with E-state index in [1.54, 1.807) is 18.2 Å². The number of nitrogens with one attached hydrogen (secondary N) is 2. The van der Waals surface area contributed by atoms with E-state index >= 15 is 0 Å². The van der Waals surface area contributed by atoms with Gasteiger partial charge >= 0.3 is 0 Å². The molecule has 104 valence electrons. The fourth-order valence-electron chi connectivity index (χ4n) is 1.62. The molecule has 0 aliphatic carbocycles. The highest BCUT2D eigenvalue weighted by Crippen LogP contribution is 2.22. The maximum Gasteiger partial charge on any atom is 0.274 e. The van der Waals surface area contributed by atoms with E-state index in [4.69, 9.17) is 11.6 Å². The number of aromatic nitrogens is 1. The number of carbonyl (C=O) groups is 1. The number of halogens is 2. The largest absolute Gasteiger partial charge is 0.370 e. The number of carbonyl (C=O) groups excluding carboxylic acids is 1. The molecule has 0 saturated heterocycles. The molecule has 0 radical (unpaired) electrons. The number of amides is 1. The van der Waals surface area contributed by atoms with Crippen LogP contribution >= 0.6 is 11.6 Å². The van der Waals surface area contributed by atoms with Gasteiger partial charge in [-0.05, 0) is 37.3 Å². The van der Waals surface area contributed by atoms with Gasteiger partial charge in [-0.1, -0.05) is 17.7 Å². The van der Waals surface area contributed by atoms with Crippen LogP contribution in [0.1, 0.15) is 17.4 Å². The number of pyridine rings is 1. The second kappa shape index (κ2) is 6.34. The van der Waals surface area contributed by atoms with Gasteiger partial charge in [0, 0.05) is 6.54 Å². The molecule has 0 aliphatic rings. The van der Waals surface area contributed by atoms with Gasteiger partial charge in [-0.15, -0.1) is 0 Å². The van der Waals surface area contributed by atoms with Crippen LogP contribution in [0.25, 0.3) is 0 Å². The maximum atomic E-state index is 12.9. The highest BCUT2D eigenvalue weighted by Gasteiger charge is 2.10. The molecular formula is C14H13ClFN3O. The monoisotopic (exact) mass is 293 g/mol. The Balaban J connectivity index is 2.17. The lowest BCUT2D eigenvalue weighted by molar-refractivity contribution is 0.102. The van der Waals surface area contributed by atoms with E-state index in [9.17, 15) is 9.18 Å². The van der Waals surface area contributed by atoms with Crippen molar-refractivity contribution in [2.75, 3.05) is 17.2 Å². The molecule has 0 saturated carbocycles. The Morgan fingerprint density at radius 2 is 2.15 bits per heavy atom. The van der Waals surface area contributed by atoms with Gasteiger partial charge in [0.05, 0.1) is 10.7 Å². The van der Waals surface area contributed by atoms with E-state index in [0.29, 0.717) is 18.1 Å². The Labute approximate surface area is 121 Å². The van der Waals surface area contributed by atoms with Gasteiger partial charge in [-0.2, -0.15) is 0 Å². The van der Waals surface area contributed by atoms with E-state index in [1.807, 2.05) is 6.92 Å². The minimum atomic E-state index is -0.458. The molecule has 1 heterocycles. The van der Waals surface area contributed by atoms with Gasteiger partial charge in [0.1, 0.15) is 17.3 Å². The minimum Gasteiger partial charge on any atom is -0.370 e. The van der Waals surface area contributed by atoms with E-state index in [-0.39, 0.29) is 10.7 Å². The van der Waals surface area contributed by atoms with Crippen molar-refractivity contribution in [2.45, 2.75) is 6.92 Å². The van der Waals surface area contributed by atoms with Gasteiger partial charge in [-0.25, -0.2) is 9.37 Å². The molecule has 0 fully saturated rings. The molecule has 2 aromatic rings. The standard InChI is InChI=1S/C14H13ClFN3O/c1-2-17-13-5-3-4-12(18-13)14(20)19-11-7-6-9(16)8-10(11)15/h3-8H,2H2,1H3,(H,17,18)(H,19,20). The van der Waals surface area contributed by atoms with Crippen LogP contribution in [0.2, 0.25) is 5.02 Å². The zero-order chi connectivity index (χ0) is 14.5. The second-order valence-electron chi connectivity index (χ2n) is 4.02. The minimum absolute atomic E-state index is 0.140. The summed E-state index contributed by atoms with van der Waals surface area (Å²) in [5.74, 6) is -0.246. The number of anilines is 2. The normalized spacial score (nSPS) is 10.2. The van der Waals surface area contributed by atoms with Crippen molar-refractivity contribution in [3.63, 3.8) is 0 Å². The molecule has 0 unspecified atom stereocenters. The molecule has 0 aliphatic heterocycles. The van der Waals surface area contributed by atoms with Crippen molar-refractivity contribution in [2.24, 2.45) is 0 Å². The predicted molar refractivity (Wildman–Crippen MR) is 77.8 cm³/mol. The van der Waals surface area contributed by atoms with Gasteiger partial charge in [0.25, 0.3) is 5.91 Å². The van der Waals surface area contributed by atoms with Crippen molar-refractivity contribution in [3.05, 3.63) is 52.9 Å². The summed E-state index contributed by atoms with van der Waals surface area (Å²) >= 11 is 5.85. The molecule has 20 heavy (non-hydrogen) atoms. The molecular weight excluding hydrogens is 281 g/mol. The molecule has 1 aromatic carbocycles. The van der Waals surface area contributed by atoms with Crippen molar-refractivity contribution < 1.29 is 9.18 Å². The number of benzene rings is 1. The van der Waals surface area contributed by atoms with Crippen molar-refractivity contribution in [1.29, 1.82) is 0 Å². The summed E-state index contributed by atoms with van der Waals surface area (Å²) in [5, 5.41) is 5.75. The zero-order valence-corrected chi connectivity index (χ0v) is 11.5. The molecule has 0 bridgehead atoms. The van der Waals surface area contributed by atoms with Crippen LogP contribution in [0.15, 0.2) is 36.4 Å². The first-order valence-electron chi connectivity index (χ1n) is 6.07. The van der Waals surface area contributed by atoms with Crippen LogP contribution in [0.4, 0.5) is 15.9 Å². The molecule has 2 rings (SSSR count). The Morgan fingerprint density at radius 1 is 1.35 bits per heavy atom. The first kappa shape index (κ1) is 14.3. The number of hydrogen-bond donors (Lipinski definition) is 2. The molecule has 6 heteroatoms.